The predicted octanol–water partition coefficient (Wildman–Crippen LogP) is 5.79. The molecule has 0 aromatic rings. The van der Waals surface area contributed by atoms with E-state index in [0.29, 0.717) is 24.9 Å². The minimum absolute atomic E-state index is 0.252. The summed E-state index contributed by atoms with van der Waals surface area (Å²) >= 11 is 0. The lowest BCUT2D eigenvalue weighted by Gasteiger charge is -2.16. The Bertz CT molecular complexity index is 382. The highest BCUT2D eigenvalue weighted by atomic mass is 16.2. The van der Waals surface area contributed by atoms with E-state index in [9.17, 15) is 9.59 Å². The highest BCUT2D eigenvalue weighted by Crippen LogP contribution is 2.18. The second-order valence-electron chi connectivity index (χ2n) is 9.13. The molecule has 0 aliphatic heterocycles. The summed E-state index contributed by atoms with van der Waals surface area (Å²) in [5.41, 5.74) is 0. The molecule has 0 atom stereocenters. The first kappa shape index (κ1) is 23.2. The summed E-state index contributed by atoms with van der Waals surface area (Å²) < 4.78 is 0. The van der Waals surface area contributed by atoms with Crippen LogP contribution < -0.4 is 10.6 Å². The number of carbonyl (C=O) groups is 2. The van der Waals surface area contributed by atoms with Crippen LogP contribution >= 0.6 is 0 Å². The molecule has 0 unspecified atom stereocenters. The number of rotatable bonds is 11. The molecule has 0 aromatic heterocycles. The minimum Gasteiger partial charge on any atom is -0.353 e. The Balaban J connectivity index is 1.38. The molecule has 2 aliphatic rings. The van der Waals surface area contributed by atoms with E-state index < -0.39 is 0 Å². The van der Waals surface area contributed by atoms with E-state index in [1.165, 1.54) is 89.9 Å². The van der Waals surface area contributed by atoms with Crippen LogP contribution in [-0.4, -0.2) is 23.9 Å². The zero-order chi connectivity index (χ0) is 19.9. The van der Waals surface area contributed by atoms with Gasteiger partial charge in [-0.1, -0.05) is 77.0 Å². The van der Waals surface area contributed by atoms with E-state index in [1.807, 2.05) is 0 Å². The lowest BCUT2D eigenvalue weighted by Crippen LogP contribution is -2.34. The molecule has 0 bridgehead atoms. The molecule has 0 heterocycles. The standard InChI is InChI=1S/C24H44N2O2/c27-23(25-21-15-9-5-6-10-16-21)19-13-3-1-2-4-14-20-24(28)26-22-17-11-7-8-12-18-22/h21-22H,1-20H2,(H,25,27)(H,26,28). The lowest BCUT2D eigenvalue weighted by molar-refractivity contribution is -0.122. The Hall–Kier alpha value is -1.06. The van der Waals surface area contributed by atoms with Crippen molar-refractivity contribution in [3.8, 4) is 0 Å². The van der Waals surface area contributed by atoms with Crippen LogP contribution in [0.15, 0.2) is 0 Å². The fourth-order valence-corrected chi connectivity index (χ4v) is 4.73. The van der Waals surface area contributed by atoms with Gasteiger partial charge in [-0.2, -0.15) is 0 Å². The quantitative estimate of drug-likeness (QED) is 0.345. The van der Waals surface area contributed by atoms with Crippen LogP contribution in [0.3, 0.4) is 0 Å². The van der Waals surface area contributed by atoms with Crippen molar-refractivity contribution in [3.05, 3.63) is 0 Å². The Morgan fingerprint density at radius 1 is 0.500 bits per heavy atom. The van der Waals surface area contributed by atoms with Crippen molar-refractivity contribution in [1.82, 2.24) is 10.6 Å². The molecule has 2 aliphatic carbocycles. The number of hydrogen-bond donors (Lipinski definition) is 2. The third kappa shape index (κ3) is 11.1. The SMILES string of the molecule is O=C(CCCCCCCCC(=O)NC1CCCCCC1)NC1CCCCCC1. The summed E-state index contributed by atoms with van der Waals surface area (Å²) in [6.07, 6.45) is 23.0. The summed E-state index contributed by atoms with van der Waals surface area (Å²) in [7, 11) is 0. The Kier molecular flexibility index (Phi) is 12.3. The fourth-order valence-electron chi connectivity index (χ4n) is 4.73. The average Bonchev–Trinajstić information content (AvgIpc) is 3.09. The second-order valence-corrected chi connectivity index (χ2v) is 9.13. The van der Waals surface area contributed by atoms with Crippen molar-refractivity contribution in [2.45, 2.75) is 141 Å². The van der Waals surface area contributed by atoms with Gasteiger partial charge in [-0.25, -0.2) is 0 Å². The smallest absolute Gasteiger partial charge is 0.220 e. The van der Waals surface area contributed by atoms with Crippen LogP contribution in [0.1, 0.15) is 128 Å². The van der Waals surface area contributed by atoms with Crippen LogP contribution in [0.25, 0.3) is 0 Å². The zero-order valence-electron chi connectivity index (χ0n) is 18.1. The number of unbranched alkanes of at least 4 members (excludes halogenated alkanes) is 5. The molecule has 162 valence electrons. The van der Waals surface area contributed by atoms with Crippen LogP contribution in [0.5, 0.6) is 0 Å². The summed E-state index contributed by atoms with van der Waals surface area (Å²) in [5.74, 6) is 0.504. The monoisotopic (exact) mass is 392 g/mol. The first-order chi connectivity index (χ1) is 13.7. The third-order valence-corrected chi connectivity index (χ3v) is 6.50. The van der Waals surface area contributed by atoms with Gasteiger partial charge < -0.3 is 10.6 Å². The largest absolute Gasteiger partial charge is 0.353 e. The normalized spacial score (nSPS) is 19.6. The Morgan fingerprint density at radius 2 is 0.821 bits per heavy atom. The van der Waals surface area contributed by atoms with Crippen LogP contribution in [0.4, 0.5) is 0 Å². The molecule has 2 N–H and O–H groups in total. The maximum absolute atomic E-state index is 12.1. The molecule has 28 heavy (non-hydrogen) atoms. The first-order valence-corrected chi connectivity index (χ1v) is 12.3. The van der Waals surface area contributed by atoms with Crippen molar-refractivity contribution in [2.24, 2.45) is 0 Å². The van der Waals surface area contributed by atoms with Crippen molar-refractivity contribution < 1.29 is 9.59 Å². The van der Waals surface area contributed by atoms with Gasteiger partial charge in [0.2, 0.25) is 11.8 Å². The summed E-state index contributed by atoms with van der Waals surface area (Å²) in [4.78, 5) is 24.1. The van der Waals surface area contributed by atoms with Crippen molar-refractivity contribution in [1.29, 1.82) is 0 Å². The number of hydrogen-bond acceptors (Lipinski definition) is 2. The third-order valence-electron chi connectivity index (χ3n) is 6.50. The Morgan fingerprint density at radius 3 is 1.18 bits per heavy atom. The van der Waals surface area contributed by atoms with Gasteiger partial charge in [0, 0.05) is 24.9 Å². The molecule has 2 saturated carbocycles. The van der Waals surface area contributed by atoms with Gasteiger partial charge in [0.1, 0.15) is 0 Å². The van der Waals surface area contributed by atoms with Gasteiger partial charge in [0.15, 0.2) is 0 Å². The maximum atomic E-state index is 12.1. The second kappa shape index (κ2) is 14.9. The highest BCUT2D eigenvalue weighted by molar-refractivity contribution is 5.76. The number of amides is 2. The topological polar surface area (TPSA) is 58.2 Å². The van der Waals surface area contributed by atoms with Gasteiger partial charge in [-0.3, -0.25) is 9.59 Å². The predicted molar refractivity (Wildman–Crippen MR) is 116 cm³/mol. The van der Waals surface area contributed by atoms with E-state index in [0.717, 1.165) is 25.7 Å². The molecule has 2 amide bonds. The van der Waals surface area contributed by atoms with Gasteiger partial charge in [-0.05, 0) is 38.5 Å². The summed E-state index contributed by atoms with van der Waals surface area (Å²) in [6, 6.07) is 0.860. The van der Waals surface area contributed by atoms with E-state index >= 15 is 0 Å². The molecule has 2 fully saturated rings. The summed E-state index contributed by atoms with van der Waals surface area (Å²) in [5, 5.41) is 6.47. The molecule has 0 radical (unpaired) electrons. The van der Waals surface area contributed by atoms with Gasteiger partial charge in [-0.15, -0.1) is 0 Å². The molecule has 0 spiro atoms. The molecule has 4 heteroatoms. The molecule has 0 saturated heterocycles. The van der Waals surface area contributed by atoms with Crippen LogP contribution in [0, 0.1) is 0 Å². The zero-order valence-corrected chi connectivity index (χ0v) is 18.1. The maximum Gasteiger partial charge on any atom is 0.220 e. The lowest BCUT2D eigenvalue weighted by atomic mass is 10.1. The van der Waals surface area contributed by atoms with E-state index in [1.54, 1.807) is 0 Å². The van der Waals surface area contributed by atoms with Crippen molar-refractivity contribution in [3.63, 3.8) is 0 Å². The van der Waals surface area contributed by atoms with E-state index in [2.05, 4.69) is 10.6 Å². The number of nitrogens with one attached hydrogen (secondary N) is 2. The first-order valence-electron chi connectivity index (χ1n) is 12.3. The van der Waals surface area contributed by atoms with Gasteiger partial charge in [0.05, 0.1) is 0 Å². The molecule has 2 rings (SSSR count). The van der Waals surface area contributed by atoms with Gasteiger partial charge >= 0.3 is 0 Å². The molecular formula is C24H44N2O2. The van der Waals surface area contributed by atoms with Crippen molar-refractivity contribution >= 4 is 11.8 Å². The fraction of sp³-hybridized carbons (Fsp3) is 0.917. The van der Waals surface area contributed by atoms with E-state index in [-0.39, 0.29) is 11.8 Å². The molecule has 0 aromatic carbocycles. The van der Waals surface area contributed by atoms with Gasteiger partial charge in [0.25, 0.3) is 0 Å². The van der Waals surface area contributed by atoms with E-state index in [4.69, 9.17) is 0 Å². The summed E-state index contributed by atoms with van der Waals surface area (Å²) in [6.45, 7) is 0. The van der Waals surface area contributed by atoms with Crippen LogP contribution in [-0.2, 0) is 9.59 Å². The number of carbonyl (C=O) groups excluding carboxylic acids is 2. The molecule has 4 nitrogen and oxygen atoms in total. The van der Waals surface area contributed by atoms with Crippen LogP contribution in [0.2, 0.25) is 0 Å². The van der Waals surface area contributed by atoms with Crippen molar-refractivity contribution in [2.75, 3.05) is 0 Å². The Labute approximate surface area is 173 Å². The highest BCUT2D eigenvalue weighted by Gasteiger charge is 2.15. The average molecular weight is 393 g/mol. The molecular weight excluding hydrogens is 348 g/mol. The minimum atomic E-state index is 0.252.